The van der Waals surface area contributed by atoms with Crippen molar-refractivity contribution in [2.45, 2.75) is 19.9 Å². The van der Waals surface area contributed by atoms with Crippen LogP contribution in [0.2, 0.25) is 0 Å². The maximum atomic E-state index is 11.5. The first-order valence-corrected chi connectivity index (χ1v) is 5.84. The number of aromatic nitrogens is 4. The summed E-state index contributed by atoms with van der Waals surface area (Å²) in [6.45, 7) is 1.96. The van der Waals surface area contributed by atoms with Crippen molar-refractivity contribution < 1.29 is 0 Å². The fraction of sp³-hybridized carbons (Fsp3) is 0.250. The Hall–Kier alpha value is -3.13. The summed E-state index contributed by atoms with van der Waals surface area (Å²) in [5, 5.41) is 17.9. The van der Waals surface area contributed by atoms with Crippen molar-refractivity contribution in [2.24, 2.45) is 0 Å². The molecule has 0 saturated heterocycles. The highest BCUT2D eigenvalue weighted by Gasteiger charge is 2.16. The van der Waals surface area contributed by atoms with Gasteiger partial charge in [-0.25, -0.2) is 9.97 Å². The lowest BCUT2D eigenvalue weighted by atomic mass is 10.3. The molecule has 0 unspecified atom stereocenters. The quantitative estimate of drug-likeness (QED) is 0.798. The molecule has 0 aliphatic rings. The van der Waals surface area contributed by atoms with Crippen LogP contribution in [-0.4, -0.2) is 19.5 Å². The SMILES string of the molecule is CCc1cc(=O)[nH]c(Cn2c(N)nc(C#N)c2C#N)n1. The van der Waals surface area contributed by atoms with Gasteiger partial charge in [-0.05, 0) is 6.42 Å². The van der Waals surface area contributed by atoms with Gasteiger partial charge in [-0.1, -0.05) is 6.92 Å². The third-order valence-corrected chi connectivity index (χ3v) is 2.72. The Labute approximate surface area is 114 Å². The molecule has 0 spiro atoms. The Bertz CT molecular complexity index is 788. The second kappa shape index (κ2) is 5.24. The number of hydrogen-bond acceptors (Lipinski definition) is 6. The number of H-pyrrole nitrogens is 1. The van der Waals surface area contributed by atoms with Crippen LogP contribution in [0, 0.1) is 22.7 Å². The monoisotopic (exact) mass is 269 g/mol. The summed E-state index contributed by atoms with van der Waals surface area (Å²) in [4.78, 5) is 22.1. The van der Waals surface area contributed by atoms with E-state index >= 15 is 0 Å². The number of anilines is 1. The molecule has 3 N–H and O–H groups in total. The van der Waals surface area contributed by atoms with Crippen LogP contribution in [0.3, 0.4) is 0 Å². The number of rotatable bonds is 3. The van der Waals surface area contributed by atoms with Gasteiger partial charge in [0.1, 0.15) is 18.0 Å². The molecule has 8 nitrogen and oxygen atoms in total. The van der Waals surface area contributed by atoms with E-state index in [1.54, 1.807) is 6.07 Å². The first-order valence-electron chi connectivity index (χ1n) is 5.84. The van der Waals surface area contributed by atoms with Crippen LogP contribution < -0.4 is 11.3 Å². The fourth-order valence-corrected chi connectivity index (χ4v) is 1.79. The summed E-state index contributed by atoms with van der Waals surface area (Å²) in [7, 11) is 0. The normalized spacial score (nSPS) is 9.95. The summed E-state index contributed by atoms with van der Waals surface area (Å²) in [6.07, 6.45) is 0.616. The number of aromatic amines is 1. The van der Waals surface area contributed by atoms with Gasteiger partial charge in [-0.15, -0.1) is 0 Å². The molecule has 100 valence electrons. The molecule has 0 atom stereocenters. The minimum absolute atomic E-state index is 0.0302. The van der Waals surface area contributed by atoms with Crippen LogP contribution in [0.4, 0.5) is 5.95 Å². The van der Waals surface area contributed by atoms with Crippen molar-refractivity contribution in [3.05, 3.63) is 39.3 Å². The number of nitrogen functional groups attached to an aromatic ring is 1. The summed E-state index contributed by atoms with van der Waals surface area (Å²) >= 11 is 0. The Morgan fingerprint density at radius 1 is 1.40 bits per heavy atom. The van der Waals surface area contributed by atoms with Gasteiger partial charge in [0, 0.05) is 11.8 Å². The number of aryl methyl sites for hydroxylation is 1. The maximum absolute atomic E-state index is 11.5. The lowest BCUT2D eigenvalue weighted by Gasteiger charge is -2.06. The minimum Gasteiger partial charge on any atom is -0.369 e. The molecule has 2 rings (SSSR count). The van der Waals surface area contributed by atoms with Gasteiger partial charge in [0.15, 0.2) is 11.4 Å². The van der Waals surface area contributed by atoms with E-state index < -0.39 is 0 Å². The topological polar surface area (TPSA) is 137 Å². The number of nitrogens with zero attached hydrogens (tertiary/aromatic N) is 5. The van der Waals surface area contributed by atoms with E-state index in [1.807, 2.05) is 13.0 Å². The average molecular weight is 269 g/mol. The molecule has 20 heavy (non-hydrogen) atoms. The average Bonchev–Trinajstić information content (AvgIpc) is 2.74. The van der Waals surface area contributed by atoms with Gasteiger partial charge >= 0.3 is 0 Å². The Kier molecular flexibility index (Phi) is 3.49. The minimum atomic E-state index is -0.274. The predicted octanol–water partition coefficient (Wildman–Crippen LogP) is -0.0973. The van der Waals surface area contributed by atoms with Crippen LogP contribution in [0.15, 0.2) is 10.9 Å². The summed E-state index contributed by atoms with van der Waals surface area (Å²) in [5.74, 6) is 0.391. The zero-order valence-electron chi connectivity index (χ0n) is 10.7. The standard InChI is InChI=1S/C12H11N7O/c1-2-7-3-11(20)18-10(16-7)6-19-9(5-14)8(4-13)17-12(19)15/h3H,2,6H2,1H3,(H2,15,17)(H,16,18,20). The second-order valence-electron chi connectivity index (χ2n) is 4.01. The third kappa shape index (κ3) is 2.35. The maximum Gasteiger partial charge on any atom is 0.251 e. The number of imidazole rings is 1. The number of nitriles is 2. The van der Waals surface area contributed by atoms with Gasteiger partial charge in [0.25, 0.3) is 5.56 Å². The molecule has 0 radical (unpaired) electrons. The van der Waals surface area contributed by atoms with E-state index in [-0.39, 0.29) is 29.4 Å². The lowest BCUT2D eigenvalue weighted by Crippen LogP contribution is -2.16. The van der Waals surface area contributed by atoms with Crippen LogP contribution in [0.5, 0.6) is 0 Å². The van der Waals surface area contributed by atoms with Crippen molar-refractivity contribution in [1.29, 1.82) is 10.5 Å². The van der Waals surface area contributed by atoms with Gasteiger partial charge < -0.3 is 10.7 Å². The van der Waals surface area contributed by atoms with Crippen molar-refractivity contribution >= 4 is 5.95 Å². The van der Waals surface area contributed by atoms with Gasteiger partial charge in [-0.3, -0.25) is 9.36 Å². The first-order chi connectivity index (χ1) is 9.58. The van der Waals surface area contributed by atoms with Gasteiger partial charge in [-0.2, -0.15) is 10.5 Å². The molecule has 0 fully saturated rings. The Balaban J connectivity index is 2.48. The van der Waals surface area contributed by atoms with Gasteiger partial charge in [0.2, 0.25) is 5.95 Å². The number of nitrogens with one attached hydrogen (secondary N) is 1. The smallest absolute Gasteiger partial charge is 0.251 e. The zero-order valence-corrected chi connectivity index (χ0v) is 10.7. The molecule has 8 heteroatoms. The highest BCUT2D eigenvalue weighted by Crippen LogP contribution is 2.13. The molecule has 0 aliphatic carbocycles. The molecular formula is C12H11N7O. The van der Waals surface area contributed by atoms with E-state index in [2.05, 4.69) is 15.0 Å². The van der Waals surface area contributed by atoms with Crippen LogP contribution in [-0.2, 0) is 13.0 Å². The van der Waals surface area contributed by atoms with Crippen molar-refractivity contribution in [3.63, 3.8) is 0 Å². The molecule has 2 aromatic rings. The number of nitrogens with two attached hydrogens (primary N) is 1. The largest absolute Gasteiger partial charge is 0.369 e. The molecule has 0 amide bonds. The third-order valence-electron chi connectivity index (χ3n) is 2.72. The van der Waals surface area contributed by atoms with E-state index in [0.717, 1.165) is 0 Å². The highest BCUT2D eigenvalue weighted by atomic mass is 16.1. The molecular weight excluding hydrogens is 258 g/mol. The summed E-state index contributed by atoms with van der Waals surface area (Å²) < 4.78 is 1.34. The van der Waals surface area contributed by atoms with E-state index in [9.17, 15) is 4.79 Å². The van der Waals surface area contributed by atoms with E-state index in [1.165, 1.54) is 10.6 Å². The van der Waals surface area contributed by atoms with Gasteiger partial charge in [0.05, 0.1) is 6.54 Å². The summed E-state index contributed by atoms with van der Waals surface area (Å²) in [5.41, 5.74) is 6.05. The zero-order chi connectivity index (χ0) is 14.7. The first kappa shape index (κ1) is 13.3. The fourth-order valence-electron chi connectivity index (χ4n) is 1.79. The molecule has 0 saturated carbocycles. The van der Waals surface area contributed by atoms with Crippen molar-refractivity contribution in [3.8, 4) is 12.1 Å². The summed E-state index contributed by atoms with van der Waals surface area (Å²) in [6, 6.07) is 5.09. The highest BCUT2D eigenvalue weighted by molar-refractivity contribution is 5.43. The molecule has 0 bridgehead atoms. The number of hydrogen-bond donors (Lipinski definition) is 2. The molecule has 2 heterocycles. The molecule has 2 aromatic heterocycles. The molecule has 0 aliphatic heterocycles. The molecule has 0 aromatic carbocycles. The second-order valence-corrected chi connectivity index (χ2v) is 4.01. The van der Waals surface area contributed by atoms with Crippen molar-refractivity contribution in [1.82, 2.24) is 19.5 Å². The predicted molar refractivity (Wildman–Crippen MR) is 69.4 cm³/mol. The Morgan fingerprint density at radius 3 is 2.75 bits per heavy atom. The van der Waals surface area contributed by atoms with E-state index in [0.29, 0.717) is 17.9 Å². The van der Waals surface area contributed by atoms with Crippen LogP contribution in [0.1, 0.15) is 29.8 Å². The van der Waals surface area contributed by atoms with Crippen LogP contribution >= 0.6 is 0 Å². The van der Waals surface area contributed by atoms with Crippen LogP contribution in [0.25, 0.3) is 0 Å². The van der Waals surface area contributed by atoms with E-state index in [4.69, 9.17) is 16.3 Å². The van der Waals surface area contributed by atoms with Crippen molar-refractivity contribution in [2.75, 3.05) is 5.73 Å². The lowest BCUT2D eigenvalue weighted by molar-refractivity contribution is 0.729. The Morgan fingerprint density at radius 2 is 2.15 bits per heavy atom.